The van der Waals surface area contributed by atoms with Gasteiger partial charge < -0.3 is 0 Å². The number of nitro groups is 1. The number of carbonyl (C=O) groups excluding carboxylic acids is 1. The van der Waals surface area contributed by atoms with E-state index in [0.717, 1.165) is 11.1 Å². The first kappa shape index (κ1) is 20.8. The standard InChI is InChI=1S/C24H18ClN5O3/c25-18-12-10-17(11-13-18)22-14-21(16-6-2-1-3-7-16)28(24-26-15-27-29(22)24)23(31)19-8-4-5-9-20(19)30(32)33/h1-13,15,21-22H,14H2/t21-,22+/m0/s1. The van der Waals surface area contributed by atoms with Gasteiger partial charge >= 0.3 is 0 Å². The van der Waals surface area contributed by atoms with Crippen LogP contribution in [0.1, 0.15) is 40.0 Å². The van der Waals surface area contributed by atoms with Crippen LogP contribution in [0.4, 0.5) is 11.6 Å². The minimum absolute atomic E-state index is 0.00271. The molecule has 5 rings (SSSR count). The lowest BCUT2D eigenvalue weighted by molar-refractivity contribution is -0.385. The highest BCUT2D eigenvalue weighted by Crippen LogP contribution is 2.43. The number of hydrogen-bond acceptors (Lipinski definition) is 5. The molecule has 1 aliphatic rings. The molecule has 0 N–H and O–H groups in total. The van der Waals surface area contributed by atoms with E-state index in [9.17, 15) is 14.9 Å². The van der Waals surface area contributed by atoms with Gasteiger partial charge in [-0.2, -0.15) is 10.1 Å². The molecule has 0 radical (unpaired) electrons. The first-order valence-electron chi connectivity index (χ1n) is 10.3. The molecule has 8 nitrogen and oxygen atoms in total. The summed E-state index contributed by atoms with van der Waals surface area (Å²) in [5.41, 5.74) is 1.63. The summed E-state index contributed by atoms with van der Waals surface area (Å²) in [6.07, 6.45) is 1.90. The quantitative estimate of drug-likeness (QED) is 0.308. The van der Waals surface area contributed by atoms with E-state index < -0.39 is 16.9 Å². The van der Waals surface area contributed by atoms with Crippen molar-refractivity contribution in [1.29, 1.82) is 0 Å². The zero-order valence-corrected chi connectivity index (χ0v) is 18.0. The van der Waals surface area contributed by atoms with Crippen molar-refractivity contribution in [1.82, 2.24) is 14.8 Å². The molecule has 2 heterocycles. The van der Waals surface area contributed by atoms with Crippen molar-refractivity contribution in [2.45, 2.75) is 18.5 Å². The van der Waals surface area contributed by atoms with Crippen LogP contribution in [0.3, 0.4) is 0 Å². The third-order valence-electron chi connectivity index (χ3n) is 5.81. The van der Waals surface area contributed by atoms with E-state index in [0.29, 0.717) is 17.4 Å². The summed E-state index contributed by atoms with van der Waals surface area (Å²) < 4.78 is 1.69. The van der Waals surface area contributed by atoms with Gasteiger partial charge in [-0.25, -0.2) is 4.68 Å². The Kier molecular flexibility index (Phi) is 5.35. The van der Waals surface area contributed by atoms with Crippen molar-refractivity contribution in [2.75, 3.05) is 4.90 Å². The molecule has 0 aliphatic carbocycles. The average molecular weight is 460 g/mol. The maximum Gasteiger partial charge on any atom is 0.282 e. The van der Waals surface area contributed by atoms with Crippen molar-refractivity contribution in [2.24, 2.45) is 0 Å². The monoisotopic (exact) mass is 459 g/mol. The number of amides is 1. The number of carbonyl (C=O) groups is 1. The van der Waals surface area contributed by atoms with E-state index in [1.54, 1.807) is 16.8 Å². The van der Waals surface area contributed by atoms with Gasteiger partial charge in [-0.1, -0.05) is 66.2 Å². The molecule has 0 fully saturated rings. The van der Waals surface area contributed by atoms with Crippen LogP contribution in [-0.4, -0.2) is 25.6 Å². The van der Waals surface area contributed by atoms with Gasteiger partial charge in [-0.3, -0.25) is 19.8 Å². The molecular formula is C24H18ClN5O3. The van der Waals surface area contributed by atoms with Gasteiger partial charge in [-0.15, -0.1) is 0 Å². The van der Waals surface area contributed by atoms with E-state index in [4.69, 9.17) is 11.6 Å². The molecule has 2 atom stereocenters. The molecule has 1 aliphatic heterocycles. The highest BCUT2D eigenvalue weighted by Gasteiger charge is 2.41. The molecule has 0 spiro atoms. The normalized spacial score (nSPS) is 17.4. The minimum Gasteiger partial charge on any atom is -0.269 e. The van der Waals surface area contributed by atoms with E-state index in [-0.39, 0.29) is 17.3 Å². The zero-order chi connectivity index (χ0) is 22.9. The number of anilines is 1. The Labute approximate surface area is 194 Å². The molecule has 9 heteroatoms. The molecule has 164 valence electrons. The second-order valence-electron chi connectivity index (χ2n) is 7.68. The van der Waals surface area contributed by atoms with Crippen LogP contribution in [0, 0.1) is 10.1 Å². The fourth-order valence-corrected chi connectivity index (χ4v) is 4.42. The van der Waals surface area contributed by atoms with Gasteiger partial charge in [-0.05, 0) is 35.7 Å². The van der Waals surface area contributed by atoms with Crippen LogP contribution in [0.25, 0.3) is 0 Å². The zero-order valence-electron chi connectivity index (χ0n) is 17.3. The Morgan fingerprint density at radius 3 is 2.33 bits per heavy atom. The molecule has 0 unspecified atom stereocenters. The van der Waals surface area contributed by atoms with Crippen LogP contribution in [0.15, 0.2) is 85.2 Å². The average Bonchev–Trinajstić information content (AvgIpc) is 3.33. The minimum atomic E-state index is -0.546. The summed E-state index contributed by atoms with van der Waals surface area (Å²) in [6, 6.07) is 22.4. The number of benzene rings is 3. The smallest absolute Gasteiger partial charge is 0.269 e. The summed E-state index contributed by atoms with van der Waals surface area (Å²) >= 11 is 6.08. The molecule has 4 aromatic rings. The van der Waals surface area contributed by atoms with Crippen LogP contribution >= 0.6 is 11.6 Å². The number of halogens is 1. The van der Waals surface area contributed by atoms with Crippen LogP contribution in [0.2, 0.25) is 5.02 Å². The van der Waals surface area contributed by atoms with Gasteiger partial charge in [0.05, 0.1) is 17.0 Å². The number of para-hydroxylation sites is 1. The highest BCUT2D eigenvalue weighted by molar-refractivity contribution is 6.30. The van der Waals surface area contributed by atoms with Crippen molar-refractivity contribution < 1.29 is 9.72 Å². The predicted molar refractivity (Wildman–Crippen MR) is 123 cm³/mol. The number of rotatable bonds is 4. The lowest BCUT2D eigenvalue weighted by Crippen LogP contribution is -2.42. The number of hydrogen-bond donors (Lipinski definition) is 0. The van der Waals surface area contributed by atoms with E-state index in [1.807, 2.05) is 54.6 Å². The van der Waals surface area contributed by atoms with Crippen molar-refractivity contribution in [3.63, 3.8) is 0 Å². The fourth-order valence-electron chi connectivity index (χ4n) is 4.29. The Morgan fingerprint density at radius 2 is 1.61 bits per heavy atom. The summed E-state index contributed by atoms with van der Waals surface area (Å²) in [7, 11) is 0. The maximum atomic E-state index is 13.8. The lowest BCUT2D eigenvalue weighted by atomic mass is 9.91. The van der Waals surface area contributed by atoms with E-state index in [2.05, 4.69) is 10.1 Å². The fraction of sp³-hybridized carbons (Fsp3) is 0.125. The summed E-state index contributed by atoms with van der Waals surface area (Å²) in [5, 5.41) is 16.6. The molecule has 0 saturated carbocycles. The summed E-state index contributed by atoms with van der Waals surface area (Å²) in [5.74, 6) is -0.168. The predicted octanol–water partition coefficient (Wildman–Crippen LogP) is 5.22. The second kappa shape index (κ2) is 8.48. The number of nitrogens with zero attached hydrogens (tertiary/aromatic N) is 5. The maximum absolute atomic E-state index is 13.8. The molecule has 0 saturated heterocycles. The van der Waals surface area contributed by atoms with Gasteiger partial charge in [0.15, 0.2) is 0 Å². The summed E-state index contributed by atoms with van der Waals surface area (Å²) in [4.78, 5) is 30.7. The van der Waals surface area contributed by atoms with Crippen LogP contribution in [-0.2, 0) is 0 Å². The molecule has 3 aromatic carbocycles. The van der Waals surface area contributed by atoms with Gasteiger partial charge in [0.2, 0.25) is 5.95 Å². The first-order chi connectivity index (χ1) is 16.0. The number of nitro benzene ring substituents is 1. The molecule has 1 aromatic heterocycles. The lowest BCUT2D eigenvalue weighted by Gasteiger charge is -2.39. The highest BCUT2D eigenvalue weighted by atomic mass is 35.5. The molecule has 33 heavy (non-hydrogen) atoms. The van der Waals surface area contributed by atoms with E-state index >= 15 is 0 Å². The van der Waals surface area contributed by atoms with E-state index in [1.165, 1.54) is 23.4 Å². The Morgan fingerprint density at radius 1 is 0.939 bits per heavy atom. The summed E-state index contributed by atoms with van der Waals surface area (Å²) in [6.45, 7) is 0. The Hall–Kier alpha value is -4.04. The van der Waals surface area contributed by atoms with Crippen molar-refractivity contribution in [3.05, 3.63) is 117 Å². The number of aromatic nitrogens is 3. The second-order valence-corrected chi connectivity index (χ2v) is 8.12. The Balaban J connectivity index is 1.67. The Bertz CT molecular complexity index is 1320. The third kappa shape index (κ3) is 3.74. The number of fused-ring (bicyclic) bond motifs is 1. The molecule has 1 amide bonds. The SMILES string of the molecule is O=C(c1ccccc1[N+](=O)[O-])N1c2ncnn2[C@@H](c2ccc(Cl)cc2)C[C@H]1c1ccccc1. The van der Waals surface area contributed by atoms with Crippen LogP contribution in [0.5, 0.6) is 0 Å². The topological polar surface area (TPSA) is 94.2 Å². The van der Waals surface area contributed by atoms with Crippen molar-refractivity contribution >= 4 is 29.1 Å². The van der Waals surface area contributed by atoms with Gasteiger partial charge in [0.25, 0.3) is 11.6 Å². The largest absolute Gasteiger partial charge is 0.282 e. The van der Waals surface area contributed by atoms with Crippen LogP contribution < -0.4 is 4.90 Å². The van der Waals surface area contributed by atoms with Crippen molar-refractivity contribution in [3.8, 4) is 0 Å². The third-order valence-corrected chi connectivity index (χ3v) is 6.06. The van der Waals surface area contributed by atoms with Gasteiger partial charge in [0.1, 0.15) is 11.9 Å². The molecule has 0 bridgehead atoms. The first-order valence-corrected chi connectivity index (χ1v) is 10.7. The van der Waals surface area contributed by atoms with Gasteiger partial charge in [0, 0.05) is 11.1 Å². The molecular weight excluding hydrogens is 442 g/mol.